The molecule has 0 spiro atoms. The predicted octanol–water partition coefficient (Wildman–Crippen LogP) is 6.05. The summed E-state index contributed by atoms with van der Waals surface area (Å²) < 4.78 is 0. The molecule has 1 nitrogen and oxygen atoms in total. The first-order chi connectivity index (χ1) is 10.7. The van der Waals surface area contributed by atoms with E-state index in [1.807, 2.05) is 0 Å². The molecule has 0 bridgehead atoms. The first-order valence-electron chi connectivity index (χ1n) is 10.3. The van der Waals surface area contributed by atoms with E-state index in [0.29, 0.717) is 6.61 Å². The molecule has 22 heavy (non-hydrogen) atoms. The van der Waals surface area contributed by atoms with Gasteiger partial charge in [0.05, 0.1) is 0 Å². The van der Waals surface area contributed by atoms with Gasteiger partial charge in [-0.15, -0.1) is 0 Å². The van der Waals surface area contributed by atoms with Gasteiger partial charge in [-0.1, -0.05) is 59.3 Å². The maximum absolute atomic E-state index is 8.98. The molecule has 2 aliphatic rings. The van der Waals surface area contributed by atoms with Gasteiger partial charge >= 0.3 is 0 Å². The van der Waals surface area contributed by atoms with Crippen LogP contribution in [0.3, 0.4) is 0 Å². The molecule has 2 aliphatic carbocycles. The summed E-state index contributed by atoms with van der Waals surface area (Å²) in [5.41, 5.74) is 0. The molecule has 0 aromatic heterocycles. The Labute approximate surface area is 139 Å². The third kappa shape index (κ3) is 4.73. The molecule has 0 aromatic carbocycles. The van der Waals surface area contributed by atoms with Crippen LogP contribution in [-0.4, -0.2) is 11.7 Å². The predicted molar refractivity (Wildman–Crippen MR) is 95.8 cm³/mol. The van der Waals surface area contributed by atoms with E-state index in [1.165, 1.54) is 64.2 Å². The summed E-state index contributed by atoms with van der Waals surface area (Å²) in [7, 11) is 0. The van der Waals surface area contributed by atoms with Gasteiger partial charge < -0.3 is 5.11 Å². The van der Waals surface area contributed by atoms with E-state index in [2.05, 4.69) is 20.8 Å². The number of hydrogen-bond acceptors (Lipinski definition) is 1. The Morgan fingerprint density at radius 1 is 0.818 bits per heavy atom. The van der Waals surface area contributed by atoms with Gasteiger partial charge in [0, 0.05) is 6.61 Å². The second-order valence-corrected chi connectivity index (χ2v) is 8.48. The molecule has 6 unspecified atom stereocenters. The largest absolute Gasteiger partial charge is 0.396 e. The quantitative estimate of drug-likeness (QED) is 0.567. The van der Waals surface area contributed by atoms with Crippen molar-refractivity contribution >= 4 is 0 Å². The Hall–Kier alpha value is -0.0400. The average molecular weight is 309 g/mol. The maximum atomic E-state index is 8.98. The molecular formula is C21H40O. The maximum Gasteiger partial charge on any atom is 0.0431 e. The van der Waals surface area contributed by atoms with Crippen molar-refractivity contribution in [3.8, 4) is 0 Å². The minimum absolute atomic E-state index is 0.380. The van der Waals surface area contributed by atoms with E-state index >= 15 is 0 Å². The van der Waals surface area contributed by atoms with Crippen LogP contribution in [0.1, 0.15) is 91.4 Å². The number of aliphatic hydroxyl groups is 1. The lowest BCUT2D eigenvalue weighted by molar-refractivity contribution is 0.0428. The highest BCUT2D eigenvalue weighted by Crippen LogP contribution is 2.49. The molecule has 0 amide bonds. The lowest BCUT2D eigenvalue weighted by atomic mass is 9.60. The van der Waals surface area contributed by atoms with E-state index < -0.39 is 0 Å². The third-order valence-electron chi connectivity index (χ3n) is 7.07. The number of unbranched alkanes of at least 4 members (excludes halogenated alkanes) is 1. The summed E-state index contributed by atoms with van der Waals surface area (Å²) in [4.78, 5) is 0. The Morgan fingerprint density at radius 3 is 2.09 bits per heavy atom. The van der Waals surface area contributed by atoms with Crippen molar-refractivity contribution in [3.05, 3.63) is 0 Å². The van der Waals surface area contributed by atoms with E-state index in [9.17, 15) is 0 Å². The minimum Gasteiger partial charge on any atom is -0.396 e. The van der Waals surface area contributed by atoms with Gasteiger partial charge in [0.25, 0.3) is 0 Å². The Bertz CT molecular complexity index is 300. The Balaban J connectivity index is 1.91. The summed E-state index contributed by atoms with van der Waals surface area (Å²) in [5.74, 6) is 5.97. The van der Waals surface area contributed by atoms with Crippen LogP contribution in [0.5, 0.6) is 0 Å². The van der Waals surface area contributed by atoms with Crippen LogP contribution in [0.15, 0.2) is 0 Å². The molecule has 2 rings (SSSR count). The van der Waals surface area contributed by atoms with E-state index in [0.717, 1.165) is 41.9 Å². The molecule has 2 fully saturated rings. The molecule has 0 saturated heterocycles. The molecule has 0 heterocycles. The molecule has 0 aromatic rings. The zero-order chi connectivity index (χ0) is 15.9. The van der Waals surface area contributed by atoms with E-state index in [-0.39, 0.29) is 0 Å². The summed E-state index contributed by atoms with van der Waals surface area (Å²) in [5, 5.41) is 8.98. The summed E-state index contributed by atoms with van der Waals surface area (Å²) in [6.07, 6.45) is 15.3. The highest BCUT2D eigenvalue weighted by molar-refractivity contribution is 4.89. The number of aliphatic hydroxyl groups excluding tert-OH is 1. The molecule has 6 atom stereocenters. The second-order valence-electron chi connectivity index (χ2n) is 8.48. The van der Waals surface area contributed by atoms with Crippen molar-refractivity contribution in [2.24, 2.45) is 35.5 Å². The third-order valence-corrected chi connectivity index (χ3v) is 7.07. The van der Waals surface area contributed by atoms with Crippen LogP contribution in [-0.2, 0) is 0 Å². The second kappa shape index (κ2) is 9.30. The summed E-state index contributed by atoms with van der Waals surface area (Å²) in [6.45, 7) is 7.70. The molecule has 1 heteroatoms. The van der Waals surface area contributed by atoms with Gasteiger partial charge in [-0.25, -0.2) is 0 Å². The number of hydrogen-bond donors (Lipinski definition) is 1. The Kier molecular flexibility index (Phi) is 7.74. The van der Waals surface area contributed by atoms with Gasteiger partial charge in [0.1, 0.15) is 0 Å². The molecule has 0 radical (unpaired) electrons. The van der Waals surface area contributed by atoms with E-state index in [4.69, 9.17) is 5.11 Å². The first kappa shape index (κ1) is 18.3. The zero-order valence-electron chi connectivity index (χ0n) is 15.4. The van der Waals surface area contributed by atoms with Crippen molar-refractivity contribution in [1.29, 1.82) is 0 Å². The van der Waals surface area contributed by atoms with Gasteiger partial charge in [0.2, 0.25) is 0 Å². The molecule has 0 aliphatic heterocycles. The van der Waals surface area contributed by atoms with Crippen LogP contribution in [0.25, 0.3) is 0 Å². The smallest absolute Gasteiger partial charge is 0.0431 e. The normalized spacial score (nSPS) is 39.8. The lowest BCUT2D eigenvalue weighted by Gasteiger charge is -2.46. The molecule has 1 N–H and O–H groups in total. The van der Waals surface area contributed by atoms with Crippen LogP contribution < -0.4 is 0 Å². The summed E-state index contributed by atoms with van der Waals surface area (Å²) >= 11 is 0. The van der Waals surface area contributed by atoms with Crippen LogP contribution >= 0.6 is 0 Å². The summed E-state index contributed by atoms with van der Waals surface area (Å²) in [6, 6.07) is 0. The fourth-order valence-corrected chi connectivity index (χ4v) is 5.78. The standard InChI is InChI=1S/C21H40O/c1-4-18-14-16(3)9-11-20(18)21-12-10-17(8-6-7-13-22)15-19(21)5-2/h16-22H,4-15H2,1-3H3. The highest BCUT2D eigenvalue weighted by Gasteiger charge is 2.39. The van der Waals surface area contributed by atoms with Crippen molar-refractivity contribution < 1.29 is 5.11 Å². The van der Waals surface area contributed by atoms with Crippen molar-refractivity contribution in [1.82, 2.24) is 0 Å². The zero-order valence-corrected chi connectivity index (χ0v) is 15.4. The van der Waals surface area contributed by atoms with Crippen molar-refractivity contribution in [3.63, 3.8) is 0 Å². The minimum atomic E-state index is 0.380. The molecule has 130 valence electrons. The number of rotatable bonds is 7. The fraction of sp³-hybridized carbons (Fsp3) is 1.00. The average Bonchev–Trinajstić information content (AvgIpc) is 2.55. The van der Waals surface area contributed by atoms with Gasteiger partial charge in [-0.2, -0.15) is 0 Å². The highest BCUT2D eigenvalue weighted by atomic mass is 16.2. The van der Waals surface area contributed by atoms with Crippen molar-refractivity contribution in [2.45, 2.75) is 91.4 Å². The van der Waals surface area contributed by atoms with Gasteiger partial charge in [0.15, 0.2) is 0 Å². The molecular weight excluding hydrogens is 268 g/mol. The van der Waals surface area contributed by atoms with Crippen LogP contribution in [0.4, 0.5) is 0 Å². The topological polar surface area (TPSA) is 20.2 Å². The SMILES string of the molecule is CCC1CC(C)CCC1C1CCC(CCCCO)CC1CC. The lowest BCUT2D eigenvalue weighted by Crippen LogP contribution is -2.36. The van der Waals surface area contributed by atoms with Crippen LogP contribution in [0, 0.1) is 35.5 Å². The van der Waals surface area contributed by atoms with Crippen molar-refractivity contribution in [2.75, 3.05) is 6.61 Å². The Morgan fingerprint density at radius 2 is 1.45 bits per heavy atom. The first-order valence-corrected chi connectivity index (χ1v) is 10.3. The van der Waals surface area contributed by atoms with E-state index in [1.54, 1.807) is 0 Å². The fourth-order valence-electron chi connectivity index (χ4n) is 5.78. The van der Waals surface area contributed by atoms with Gasteiger partial charge in [-0.3, -0.25) is 0 Å². The van der Waals surface area contributed by atoms with Gasteiger partial charge in [-0.05, 0) is 67.6 Å². The molecule has 2 saturated carbocycles. The monoisotopic (exact) mass is 308 g/mol. The van der Waals surface area contributed by atoms with Crippen LogP contribution in [0.2, 0.25) is 0 Å².